The predicted molar refractivity (Wildman–Crippen MR) is 74.0 cm³/mol. The molecule has 0 fully saturated rings. The average Bonchev–Trinajstić information content (AvgIpc) is 2.60. The molecule has 1 N–H and O–H groups in total. The first kappa shape index (κ1) is 15.9. The van der Waals surface area contributed by atoms with Crippen molar-refractivity contribution in [3.63, 3.8) is 0 Å². The van der Waals surface area contributed by atoms with Crippen molar-refractivity contribution in [2.75, 3.05) is 11.4 Å². The second-order valence-corrected chi connectivity index (χ2v) is 5.48. The number of aromatic nitrogens is 2. The second kappa shape index (κ2) is 5.48. The van der Waals surface area contributed by atoms with Gasteiger partial charge in [-0.3, -0.25) is 14.9 Å². The van der Waals surface area contributed by atoms with Crippen LogP contribution in [0.2, 0.25) is 0 Å². The van der Waals surface area contributed by atoms with Gasteiger partial charge in [0.15, 0.2) is 0 Å². The van der Waals surface area contributed by atoms with E-state index in [0.717, 1.165) is 0 Å². The Kier molecular flexibility index (Phi) is 4.36. The van der Waals surface area contributed by atoms with Crippen LogP contribution in [0.4, 0.5) is 11.5 Å². The fourth-order valence-electron chi connectivity index (χ4n) is 2.03. The zero-order valence-corrected chi connectivity index (χ0v) is 12.4. The molecule has 8 heteroatoms. The Hall–Kier alpha value is -2.12. The highest BCUT2D eigenvalue weighted by molar-refractivity contribution is 5.76. The molecule has 0 aromatic carbocycles. The maximum atomic E-state index is 11.3. The second-order valence-electron chi connectivity index (χ2n) is 5.48. The molecule has 0 bridgehead atoms. The molecule has 8 nitrogen and oxygen atoms in total. The van der Waals surface area contributed by atoms with Gasteiger partial charge in [0.05, 0.1) is 4.92 Å². The number of aliphatic carboxylic acids is 1. The van der Waals surface area contributed by atoms with E-state index in [1.807, 2.05) is 20.8 Å². The summed E-state index contributed by atoms with van der Waals surface area (Å²) in [6.07, 6.45) is 0. The quantitative estimate of drug-likeness (QED) is 0.653. The van der Waals surface area contributed by atoms with Gasteiger partial charge in [0.25, 0.3) is 0 Å². The van der Waals surface area contributed by atoms with Crippen molar-refractivity contribution < 1.29 is 14.8 Å². The van der Waals surface area contributed by atoms with Gasteiger partial charge in [-0.25, -0.2) is 4.68 Å². The molecule has 112 valence electrons. The van der Waals surface area contributed by atoms with Crippen molar-refractivity contribution in [2.45, 2.75) is 46.7 Å². The van der Waals surface area contributed by atoms with Gasteiger partial charge >= 0.3 is 11.7 Å². The summed E-state index contributed by atoms with van der Waals surface area (Å²) in [5.74, 6) is -0.805. The number of carboxylic acids is 1. The maximum absolute atomic E-state index is 11.3. The SMILES string of the molecule is CCn1nc(C)c([N+](=O)[O-])c1N(CC(=O)O)C(C)(C)C. The predicted octanol–water partition coefficient (Wildman–Crippen LogP) is 1.81. The number of hydrogen-bond acceptors (Lipinski definition) is 5. The molecule has 0 radical (unpaired) electrons. The lowest BCUT2D eigenvalue weighted by Gasteiger charge is -2.35. The third-order valence-electron chi connectivity index (χ3n) is 2.91. The number of carbonyl (C=O) groups is 1. The first-order valence-corrected chi connectivity index (χ1v) is 6.30. The molecule has 0 saturated carbocycles. The molecule has 1 aromatic rings. The van der Waals surface area contributed by atoms with Gasteiger partial charge in [-0.2, -0.15) is 5.10 Å². The van der Waals surface area contributed by atoms with Crippen LogP contribution < -0.4 is 4.90 Å². The number of carboxylic acid groups (broad SMARTS) is 1. The summed E-state index contributed by atoms with van der Waals surface area (Å²) in [4.78, 5) is 23.3. The first-order chi connectivity index (χ1) is 9.09. The molecule has 0 aliphatic rings. The van der Waals surface area contributed by atoms with Crippen molar-refractivity contribution in [3.05, 3.63) is 15.8 Å². The van der Waals surface area contributed by atoms with Crippen molar-refractivity contribution in [1.29, 1.82) is 0 Å². The van der Waals surface area contributed by atoms with Crippen molar-refractivity contribution >= 4 is 17.5 Å². The van der Waals surface area contributed by atoms with E-state index in [1.165, 1.54) is 9.58 Å². The molecule has 1 aromatic heterocycles. The molecule has 0 spiro atoms. The van der Waals surface area contributed by atoms with E-state index in [1.54, 1.807) is 13.8 Å². The fourth-order valence-corrected chi connectivity index (χ4v) is 2.03. The molecular formula is C12H20N4O4. The average molecular weight is 284 g/mol. The summed E-state index contributed by atoms with van der Waals surface area (Å²) in [5.41, 5.74) is -0.433. The van der Waals surface area contributed by atoms with E-state index < -0.39 is 16.4 Å². The minimum atomic E-state index is -1.05. The first-order valence-electron chi connectivity index (χ1n) is 6.30. The van der Waals surface area contributed by atoms with Crippen LogP contribution in [0, 0.1) is 17.0 Å². The Morgan fingerprint density at radius 2 is 2.05 bits per heavy atom. The Morgan fingerprint density at radius 3 is 2.40 bits per heavy atom. The van der Waals surface area contributed by atoms with Crippen LogP contribution in [0.3, 0.4) is 0 Å². The highest BCUT2D eigenvalue weighted by Crippen LogP contribution is 2.35. The lowest BCUT2D eigenvalue weighted by atomic mass is 10.1. The Labute approximate surface area is 117 Å². The summed E-state index contributed by atoms with van der Waals surface area (Å²) >= 11 is 0. The van der Waals surface area contributed by atoms with E-state index >= 15 is 0 Å². The number of hydrogen-bond donors (Lipinski definition) is 1. The third-order valence-corrected chi connectivity index (χ3v) is 2.91. The van der Waals surface area contributed by atoms with Gasteiger partial charge in [-0.15, -0.1) is 0 Å². The highest BCUT2D eigenvalue weighted by Gasteiger charge is 2.35. The van der Waals surface area contributed by atoms with Crippen molar-refractivity contribution in [3.8, 4) is 0 Å². The molecule has 1 rings (SSSR count). The van der Waals surface area contributed by atoms with Crippen LogP contribution in [-0.4, -0.2) is 37.9 Å². The molecule has 0 saturated heterocycles. The minimum absolute atomic E-state index is 0.136. The van der Waals surface area contributed by atoms with Gasteiger partial charge in [-0.05, 0) is 34.6 Å². The summed E-state index contributed by atoms with van der Waals surface area (Å²) in [5, 5.41) is 24.5. The molecular weight excluding hydrogens is 264 g/mol. The Balaban J connectivity index is 3.53. The van der Waals surface area contributed by atoms with Crippen LogP contribution in [0.1, 0.15) is 33.4 Å². The lowest BCUT2D eigenvalue weighted by Crippen LogP contribution is -2.46. The molecule has 20 heavy (non-hydrogen) atoms. The van der Waals surface area contributed by atoms with E-state index in [9.17, 15) is 14.9 Å². The van der Waals surface area contributed by atoms with Crippen LogP contribution in [0.25, 0.3) is 0 Å². The largest absolute Gasteiger partial charge is 0.480 e. The molecule has 0 amide bonds. The van der Waals surface area contributed by atoms with Crippen LogP contribution in [0.15, 0.2) is 0 Å². The number of nitro groups is 1. The summed E-state index contributed by atoms with van der Waals surface area (Å²) in [6, 6.07) is 0. The number of anilines is 1. The standard InChI is InChI=1S/C12H20N4O4/c1-6-15-11(10(16(19)20)8(2)13-15)14(7-9(17)18)12(3,4)5/h6-7H2,1-5H3,(H,17,18). The highest BCUT2D eigenvalue weighted by atomic mass is 16.6. The van der Waals surface area contributed by atoms with E-state index in [2.05, 4.69) is 5.10 Å². The van der Waals surface area contributed by atoms with E-state index in [0.29, 0.717) is 6.54 Å². The maximum Gasteiger partial charge on any atom is 0.333 e. The van der Waals surface area contributed by atoms with Gasteiger partial charge in [0.2, 0.25) is 5.82 Å². The molecule has 0 atom stereocenters. The van der Waals surface area contributed by atoms with Crippen LogP contribution in [-0.2, 0) is 11.3 Å². The third kappa shape index (κ3) is 3.06. The number of nitrogens with zero attached hydrogens (tertiary/aromatic N) is 4. The topological polar surface area (TPSA) is 101 Å². The van der Waals surface area contributed by atoms with Gasteiger partial charge in [0, 0.05) is 12.1 Å². The molecule has 0 aliphatic heterocycles. The lowest BCUT2D eigenvalue weighted by molar-refractivity contribution is -0.384. The summed E-state index contributed by atoms with van der Waals surface area (Å²) in [7, 11) is 0. The minimum Gasteiger partial charge on any atom is -0.480 e. The van der Waals surface area contributed by atoms with Crippen molar-refractivity contribution in [1.82, 2.24) is 9.78 Å². The molecule has 0 aliphatic carbocycles. The molecule has 0 unspecified atom stereocenters. The van der Waals surface area contributed by atoms with Crippen LogP contribution >= 0.6 is 0 Å². The zero-order chi connectivity index (χ0) is 15.7. The Morgan fingerprint density at radius 1 is 1.50 bits per heavy atom. The van der Waals surface area contributed by atoms with Crippen LogP contribution in [0.5, 0.6) is 0 Å². The van der Waals surface area contributed by atoms with E-state index in [-0.39, 0.29) is 23.7 Å². The normalized spacial score (nSPS) is 11.4. The van der Waals surface area contributed by atoms with Gasteiger partial charge < -0.3 is 10.0 Å². The fraction of sp³-hybridized carbons (Fsp3) is 0.667. The van der Waals surface area contributed by atoms with Gasteiger partial charge in [0.1, 0.15) is 12.2 Å². The summed E-state index contributed by atoms with van der Waals surface area (Å²) < 4.78 is 1.47. The monoisotopic (exact) mass is 284 g/mol. The van der Waals surface area contributed by atoms with Gasteiger partial charge in [-0.1, -0.05) is 0 Å². The smallest absolute Gasteiger partial charge is 0.333 e. The summed E-state index contributed by atoms with van der Waals surface area (Å²) in [6.45, 7) is 8.88. The van der Waals surface area contributed by atoms with E-state index in [4.69, 9.17) is 5.11 Å². The van der Waals surface area contributed by atoms with Crippen molar-refractivity contribution in [2.24, 2.45) is 0 Å². The number of rotatable bonds is 5. The zero-order valence-electron chi connectivity index (χ0n) is 12.4. The molecule has 1 heterocycles. The Bertz CT molecular complexity index is 530. The number of aryl methyl sites for hydroxylation is 2.